The van der Waals surface area contributed by atoms with Crippen LogP contribution in [0.2, 0.25) is 0 Å². The van der Waals surface area contributed by atoms with Gasteiger partial charge in [-0.2, -0.15) is 0 Å². The zero-order valence-electron chi connectivity index (χ0n) is 19.8. The van der Waals surface area contributed by atoms with Crippen LogP contribution in [0.3, 0.4) is 0 Å². The molecule has 180 valence electrons. The van der Waals surface area contributed by atoms with Crippen LogP contribution in [0.4, 0.5) is 0 Å². The summed E-state index contributed by atoms with van der Waals surface area (Å²) in [5, 5.41) is 6.74. The van der Waals surface area contributed by atoms with E-state index in [1.165, 1.54) is 6.42 Å². The number of halogens is 1. The highest BCUT2D eigenvalue weighted by Crippen LogP contribution is 2.28. The molecule has 2 fully saturated rings. The summed E-state index contributed by atoms with van der Waals surface area (Å²) in [6.45, 7) is 13.0. The van der Waals surface area contributed by atoms with Gasteiger partial charge in [0.05, 0.1) is 6.54 Å². The lowest BCUT2D eigenvalue weighted by atomic mass is 9.84. The van der Waals surface area contributed by atoms with Gasteiger partial charge in [-0.3, -0.25) is 9.69 Å². The normalized spacial score (nSPS) is 18.3. The van der Waals surface area contributed by atoms with Crippen LogP contribution in [-0.2, 0) is 4.79 Å². The Morgan fingerprint density at radius 1 is 1.19 bits per heavy atom. The van der Waals surface area contributed by atoms with Gasteiger partial charge < -0.3 is 20.3 Å². The van der Waals surface area contributed by atoms with Crippen molar-refractivity contribution in [1.82, 2.24) is 20.4 Å². The predicted octanol–water partition coefficient (Wildman–Crippen LogP) is 2.88. The van der Waals surface area contributed by atoms with E-state index >= 15 is 0 Å². The molecule has 1 aromatic carbocycles. The third kappa shape index (κ3) is 8.10. The minimum atomic E-state index is -0.00200. The lowest BCUT2D eigenvalue weighted by Crippen LogP contribution is -2.52. The largest absolute Gasteiger partial charge is 0.489 e. The van der Waals surface area contributed by atoms with Crippen molar-refractivity contribution in [2.45, 2.75) is 46.1 Å². The van der Waals surface area contributed by atoms with Gasteiger partial charge >= 0.3 is 0 Å². The molecule has 1 aliphatic heterocycles. The summed E-state index contributed by atoms with van der Waals surface area (Å²) in [6.07, 6.45) is 3.39. The van der Waals surface area contributed by atoms with E-state index in [9.17, 15) is 4.79 Å². The van der Waals surface area contributed by atoms with Crippen LogP contribution < -0.4 is 15.4 Å². The second kappa shape index (κ2) is 13.9. The molecule has 8 heteroatoms. The summed E-state index contributed by atoms with van der Waals surface area (Å²) >= 11 is 0. The Balaban J connectivity index is 0.00000363. The smallest absolute Gasteiger partial charge is 0.225 e. The van der Waals surface area contributed by atoms with Crippen LogP contribution in [0.5, 0.6) is 5.75 Å². The van der Waals surface area contributed by atoms with Gasteiger partial charge in [0.1, 0.15) is 11.9 Å². The maximum absolute atomic E-state index is 12.4. The summed E-state index contributed by atoms with van der Waals surface area (Å²) in [6, 6.07) is 8.07. The van der Waals surface area contributed by atoms with E-state index in [0.717, 1.165) is 75.9 Å². The van der Waals surface area contributed by atoms with Crippen molar-refractivity contribution in [1.29, 1.82) is 0 Å². The number of carbonyl (C=O) groups is 1. The first kappa shape index (κ1) is 26.7. The van der Waals surface area contributed by atoms with Crippen LogP contribution in [-0.4, -0.2) is 80.1 Å². The first-order valence-corrected chi connectivity index (χ1v) is 11.8. The molecule has 0 aromatic heterocycles. The summed E-state index contributed by atoms with van der Waals surface area (Å²) < 4.78 is 6.03. The highest BCUT2D eigenvalue weighted by Gasteiger charge is 2.30. The fourth-order valence-electron chi connectivity index (χ4n) is 3.94. The van der Waals surface area contributed by atoms with Crippen LogP contribution in [0.1, 0.15) is 38.7 Å². The molecule has 1 heterocycles. The Morgan fingerprint density at radius 3 is 2.53 bits per heavy atom. The molecule has 1 atom stereocenters. The van der Waals surface area contributed by atoms with Crippen molar-refractivity contribution < 1.29 is 9.53 Å². The van der Waals surface area contributed by atoms with Crippen molar-refractivity contribution in [3.8, 4) is 5.75 Å². The highest BCUT2D eigenvalue weighted by atomic mass is 127. The zero-order valence-corrected chi connectivity index (χ0v) is 22.1. The monoisotopic (exact) mass is 557 g/mol. The topological polar surface area (TPSA) is 69.2 Å². The molecule has 1 amide bonds. The molecule has 1 aromatic rings. The molecule has 0 spiro atoms. The Hall–Kier alpha value is -1.55. The van der Waals surface area contributed by atoms with E-state index in [4.69, 9.17) is 9.73 Å². The van der Waals surface area contributed by atoms with Gasteiger partial charge in [-0.05, 0) is 45.2 Å². The van der Waals surface area contributed by atoms with E-state index in [1.54, 1.807) is 0 Å². The molecule has 2 N–H and O–H groups in total. The van der Waals surface area contributed by atoms with Crippen molar-refractivity contribution >= 4 is 35.8 Å². The Bertz CT molecular complexity index is 733. The number of amides is 1. The van der Waals surface area contributed by atoms with Crippen molar-refractivity contribution in [2.75, 3.05) is 52.4 Å². The molecule has 1 saturated heterocycles. The van der Waals surface area contributed by atoms with E-state index in [1.807, 2.05) is 25.1 Å². The quantitative estimate of drug-likeness (QED) is 0.278. The van der Waals surface area contributed by atoms with Crippen LogP contribution in [0.15, 0.2) is 29.3 Å². The second-order valence-corrected chi connectivity index (χ2v) is 8.64. The number of hydrogen-bond acceptors (Lipinski definition) is 4. The first-order valence-electron chi connectivity index (χ1n) is 11.8. The lowest BCUT2D eigenvalue weighted by Gasteiger charge is -2.38. The van der Waals surface area contributed by atoms with Crippen molar-refractivity contribution in [3.63, 3.8) is 0 Å². The van der Waals surface area contributed by atoms with Gasteiger partial charge in [0.15, 0.2) is 5.96 Å². The maximum Gasteiger partial charge on any atom is 0.225 e. The maximum atomic E-state index is 12.4. The van der Waals surface area contributed by atoms with E-state index < -0.39 is 0 Å². The Kier molecular flexibility index (Phi) is 11.6. The highest BCUT2D eigenvalue weighted by molar-refractivity contribution is 14.0. The van der Waals surface area contributed by atoms with E-state index in [2.05, 4.69) is 40.3 Å². The molecule has 2 aliphatic rings. The third-order valence-corrected chi connectivity index (χ3v) is 6.13. The molecule has 32 heavy (non-hydrogen) atoms. The van der Waals surface area contributed by atoms with Gasteiger partial charge in [-0.1, -0.05) is 24.6 Å². The van der Waals surface area contributed by atoms with Gasteiger partial charge in [-0.25, -0.2) is 4.99 Å². The molecule has 1 aliphatic carbocycles. The van der Waals surface area contributed by atoms with Gasteiger partial charge in [0.25, 0.3) is 0 Å². The van der Waals surface area contributed by atoms with Crippen LogP contribution >= 0.6 is 24.0 Å². The number of piperazine rings is 1. The molecule has 1 saturated carbocycles. The van der Waals surface area contributed by atoms with Crippen LogP contribution in [0, 0.1) is 12.8 Å². The molecule has 1 unspecified atom stereocenters. The number of nitrogens with zero attached hydrogens (tertiary/aromatic N) is 3. The SMILES string of the molecule is CCNC(=NCC(C)Oc1ccccc1C)NCCN1CCN(C(=O)C2CCC2)CC1.I. The second-order valence-electron chi connectivity index (χ2n) is 8.64. The summed E-state index contributed by atoms with van der Waals surface area (Å²) in [5.74, 6) is 2.43. The number of aliphatic imine (C=N–C) groups is 1. The van der Waals surface area contributed by atoms with Crippen molar-refractivity contribution in [3.05, 3.63) is 29.8 Å². The van der Waals surface area contributed by atoms with E-state index in [0.29, 0.717) is 18.4 Å². The Labute approximate surface area is 210 Å². The van der Waals surface area contributed by atoms with Crippen molar-refractivity contribution in [2.24, 2.45) is 10.9 Å². The number of ether oxygens (including phenoxy) is 1. The molecular formula is C24H40IN5O2. The number of guanidine groups is 1. The Morgan fingerprint density at radius 2 is 1.91 bits per heavy atom. The predicted molar refractivity (Wildman–Crippen MR) is 141 cm³/mol. The molecular weight excluding hydrogens is 517 g/mol. The average molecular weight is 558 g/mol. The average Bonchev–Trinajstić information content (AvgIpc) is 2.73. The molecule has 0 radical (unpaired) electrons. The minimum absolute atomic E-state index is 0. The molecule has 0 bridgehead atoms. The number of carbonyl (C=O) groups excluding carboxylic acids is 1. The van der Waals surface area contributed by atoms with Gasteiger partial charge in [-0.15, -0.1) is 24.0 Å². The van der Waals surface area contributed by atoms with Crippen LogP contribution in [0.25, 0.3) is 0 Å². The summed E-state index contributed by atoms with van der Waals surface area (Å²) in [4.78, 5) is 21.6. The third-order valence-electron chi connectivity index (χ3n) is 6.13. The number of benzene rings is 1. The fraction of sp³-hybridized carbons (Fsp3) is 0.667. The van der Waals surface area contributed by atoms with Gasteiger partial charge in [0, 0.05) is 51.7 Å². The number of rotatable bonds is 9. The number of nitrogens with one attached hydrogen (secondary N) is 2. The zero-order chi connectivity index (χ0) is 22.1. The van der Waals surface area contributed by atoms with Gasteiger partial charge in [0.2, 0.25) is 5.91 Å². The molecule has 7 nitrogen and oxygen atoms in total. The summed E-state index contributed by atoms with van der Waals surface area (Å²) in [7, 11) is 0. The van der Waals surface area contributed by atoms with E-state index in [-0.39, 0.29) is 30.1 Å². The fourth-order valence-corrected chi connectivity index (χ4v) is 3.94. The number of aryl methyl sites for hydroxylation is 1. The first-order chi connectivity index (χ1) is 15.1. The molecule has 3 rings (SSSR count). The minimum Gasteiger partial charge on any atom is -0.489 e. The standard InChI is InChI=1S/C24H39N5O2.HI/c1-4-25-24(27-18-20(3)31-22-11-6-5-8-19(22)2)26-12-13-28-14-16-29(17-15-28)23(30)21-9-7-10-21;/h5-6,8,11,20-21H,4,7,9-10,12-18H2,1-3H3,(H2,25,26,27);1H. The number of hydrogen-bond donors (Lipinski definition) is 2. The lowest BCUT2D eigenvalue weighted by molar-refractivity contribution is -0.139. The number of para-hydroxylation sites is 1. The summed E-state index contributed by atoms with van der Waals surface area (Å²) in [5.41, 5.74) is 1.14.